The first-order valence-electron chi connectivity index (χ1n) is 6.51. The molecule has 0 saturated heterocycles. The van der Waals surface area contributed by atoms with Crippen LogP contribution in [0.15, 0.2) is 24.3 Å². The Morgan fingerprint density at radius 3 is 2.28 bits per heavy atom. The number of methoxy groups -OCH3 is 1. The highest BCUT2D eigenvalue weighted by Crippen LogP contribution is 2.14. The molecule has 0 fully saturated rings. The lowest BCUT2D eigenvalue weighted by Crippen LogP contribution is -1.98. The minimum absolute atomic E-state index is 0.234. The lowest BCUT2D eigenvalue weighted by atomic mass is 10.0. The maximum absolute atomic E-state index is 11.9. The van der Waals surface area contributed by atoms with Crippen LogP contribution in [0.25, 0.3) is 0 Å². The highest BCUT2D eigenvalue weighted by molar-refractivity contribution is 9.09. The van der Waals surface area contributed by atoms with Crippen molar-refractivity contribution < 1.29 is 9.53 Å². The number of ketones is 1. The fraction of sp³-hybridized carbons (Fsp3) is 0.533. The van der Waals surface area contributed by atoms with Gasteiger partial charge in [-0.25, -0.2) is 0 Å². The van der Waals surface area contributed by atoms with Gasteiger partial charge in [-0.2, -0.15) is 0 Å². The van der Waals surface area contributed by atoms with E-state index in [4.69, 9.17) is 4.74 Å². The molecule has 1 aromatic rings. The number of benzene rings is 1. The van der Waals surface area contributed by atoms with E-state index in [9.17, 15) is 4.79 Å². The average molecular weight is 313 g/mol. The molecule has 0 heterocycles. The highest BCUT2D eigenvalue weighted by Gasteiger charge is 2.05. The molecule has 100 valence electrons. The Kier molecular flexibility index (Phi) is 7.74. The predicted molar refractivity (Wildman–Crippen MR) is 78.8 cm³/mol. The lowest BCUT2D eigenvalue weighted by molar-refractivity contribution is 0.0979. The highest BCUT2D eigenvalue weighted by atomic mass is 79.9. The van der Waals surface area contributed by atoms with E-state index in [1.54, 1.807) is 7.11 Å². The van der Waals surface area contributed by atoms with E-state index in [1.165, 1.54) is 19.3 Å². The van der Waals surface area contributed by atoms with Crippen molar-refractivity contribution in [1.29, 1.82) is 0 Å². The molecule has 0 aliphatic rings. The Balaban J connectivity index is 2.23. The van der Waals surface area contributed by atoms with E-state index in [0.29, 0.717) is 6.42 Å². The molecule has 0 unspecified atom stereocenters. The molecule has 0 amide bonds. The Morgan fingerprint density at radius 1 is 1.06 bits per heavy atom. The quantitative estimate of drug-likeness (QED) is 0.378. The zero-order valence-corrected chi connectivity index (χ0v) is 12.5. The number of carbonyl (C=O) groups is 1. The Bertz CT molecular complexity index is 346. The van der Waals surface area contributed by atoms with Gasteiger partial charge in [0, 0.05) is 17.3 Å². The maximum atomic E-state index is 11.9. The van der Waals surface area contributed by atoms with Gasteiger partial charge in [0.25, 0.3) is 0 Å². The van der Waals surface area contributed by atoms with Crippen molar-refractivity contribution in [3.63, 3.8) is 0 Å². The SMILES string of the molecule is COc1ccc(C(=O)CCCCCCCBr)cc1. The smallest absolute Gasteiger partial charge is 0.162 e. The first kappa shape index (κ1) is 15.2. The van der Waals surface area contributed by atoms with Gasteiger partial charge in [-0.3, -0.25) is 4.79 Å². The fourth-order valence-corrected chi connectivity index (χ4v) is 2.23. The molecule has 0 saturated carbocycles. The molecule has 1 aromatic carbocycles. The summed E-state index contributed by atoms with van der Waals surface area (Å²) in [6.45, 7) is 0. The predicted octanol–water partition coefficient (Wildman–Crippen LogP) is 4.61. The standard InChI is InChI=1S/C15H21BrO2/c1-18-14-10-8-13(9-11-14)15(17)7-5-3-2-4-6-12-16/h8-11H,2-7,12H2,1H3. The second-order valence-corrected chi connectivity index (χ2v) is 5.15. The van der Waals surface area contributed by atoms with Gasteiger partial charge in [-0.05, 0) is 37.1 Å². The number of hydrogen-bond donors (Lipinski definition) is 0. The van der Waals surface area contributed by atoms with Gasteiger partial charge in [0.05, 0.1) is 7.11 Å². The normalized spacial score (nSPS) is 10.3. The van der Waals surface area contributed by atoms with Crippen molar-refractivity contribution in [3.05, 3.63) is 29.8 Å². The number of ether oxygens (including phenoxy) is 1. The topological polar surface area (TPSA) is 26.3 Å². The van der Waals surface area contributed by atoms with Crippen molar-refractivity contribution in [1.82, 2.24) is 0 Å². The summed E-state index contributed by atoms with van der Waals surface area (Å²) in [5, 5.41) is 1.08. The van der Waals surface area contributed by atoms with E-state index in [0.717, 1.165) is 29.5 Å². The van der Waals surface area contributed by atoms with Gasteiger partial charge in [-0.15, -0.1) is 0 Å². The molecular weight excluding hydrogens is 292 g/mol. The van der Waals surface area contributed by atoms with Crippen LogP contribution in [0.1, 0.15) is 48.9 Å². The second-order valence-electron chi connectivity index (χ2n) is 4.36. The summed E-state index contributed by atoms with van der Waals surface area (Å²) < 4.78 is 5.07. The molecular formula is C15H21BrO2. The zero-order valence-electron chi connectivity index (χ0n) is 11.0. The number of hydrogen-bond acceptors (Lipinski definition) is 2. The molecule has 0 spiro atoms. The molecule has 0 radical (unpaired) electrons. The van der Waals surface area contributed by atoms with Gasteiger partial charge in [-0.1, -0.05) is 35.2 Å². The van der Waals surface area contributed by atoms with E-state index < -0.39 is 0 Å². The van der Waals surface area contributed by atoms with Crippen LogP contribution in [0.2, 0.25) is 0 Å². The minimum Gasteiger partial charge on any atom is -0.497 e. The van der Waals surface area contributed by atoms with Crippen LogP contribution < -0.4 is 4.74 Å². The molecule has 0 N–H and O–H groups in total. The number of Topliss-reactive ketones (excluding diaryl/α,β-unsaturated/α-hetero) is 1. The molecule has 0 aliphatic carbocycles. The number of alkyl halides is 1. The van der Waals surface area contributed by atoms with Crippen LogP contribution in [0.5, 0.6) is 5.75 Å². The molecule has 0 atom stereocenters. The number of unbranched alkanes of at least 4 members (excludes halogenated alkanes) is 4. The van der Waals surface area contributed by atoms with Crippen LogP contribution in [0.3, 0.4) is 0 Å². The maximum Gasteiger partial charge on any atom is 0.162 e. The molecule has 1 rings (SSSR count). The van der Waals surface area contributed by atoms with Crippen LogP contribution in [0.4, 0.5) is 0 Å². The van der Waals surface area contributed by atoms with Gasteiger partial charge >= 0.3 is 0 Å². The van der Waals surface area contributed by atoms with Crippen LogP contribution >= 0.6 is 15.9 Å². The van der Waals surface area contributed by atoms with Crippen LogP contribution in [-0.4, -0.2) is 18.2 Å². The summed E-state index contributed by atoms with van der Waals surface area (Å²) in [6.07, 6.45) is 6.50. The second kappa shape index (κ2) is 9.15. The summed E-state index contributed by atoms with van der Waals surface area (Å²) in [4.78, 5) is 11.9. The van der Waals surface area contributed by atoms with E-state index >= 15 is 0 Å². The molecule has 0 aliphatic heterocycles. The Morgan fingerprint density at radius 2 is 1.67 bits per heavy atom. The first-order valence-corrected chi connectivity index (χ1v) is 7.63. The van der Waals surface area contributed by atoms with Crippen LogP contribution in [0, 0.1) is 0 Å². The minimum atomic E-state index is 0.234. The largest absolute Gasteiger partial charge is 0.497 e. The molecule has 2 nitrogen and oxygen atoms in total. The molecule has 18 heavy (non-hydrogen) atoms. The average Bonchev–Trinajstić information content (AvgIpc) is 2.42. The van der Waals surface area contributed by atoms with Gasteiger partial charge in [0.2, 0.25) is 0 Å². The summed E-state index contributed by atoms with van der Waals surface area (Å²) in [7, 11) is 1.63. The van der Waals surface area contributed by atoms with E-state index in [1.807, 2.05) is 24.3 Å². The van der Waals surface area contributed by atoms with Crippen molar-refractivity contribution >= 4 is 21.7 Å². The summed E-state index contributed by atoms with van der Waals surface area (Å²) in [5.41, 5.74) is 0.788. The van der Waals surface area contributed by atoms with Crippen molar-refractivity contribution in [2.75, 3.05) is 12.4 Å². The third-order valence-corrected chi connectivity index (χ3v) is 3.51. The third kappa shape index (κ3) is 5.67. The lowest BCUT2D eigenvalue weighted by Gasteiger charge is -2.03. The van der Waals surface area contributed by atoms with Gasteiger partial charge in [0.1, 0.15) is 5.75 Å². The van der Waals surface area contributed by atoms with E-state index in [2.05, 4.69) is 15.9 Å². The summed E-state index contributed by atoms with van der Waals surface area (Å²) >= 11 is 3.42. The monoisotopic (exact) mass is 312 g/mol. The Hall–Kier alpha value is -0.830. The van der Waals surface area contributed by atoms with Gasteiger partial charge in [0.15, 0.2) is 5.78 Å². The fourth-order valence-electron chi connectivity index (χ4n) is 1.83. The number of rotatable bonds is 9. The van der Waals surface area contributed by atoms with Gasteiger partial charge < -0.3 is 4.74 Å². The van der Waals surface area contributed by atoms with Crippen LogP contribution in [-0.2, 0) is 0 Å². The first-order chi connectivity index (χ1) is 8.77. The zero-order chi connectivity index (χ0) is 13.2. The third-order valence-electron chi connectivity index (χ3n) is 2.95. The number of halogens is 1. The van der Waals surface area contributed by atoms with Crippen molar-refractivity contribution in [2.24, 2.45) is 0 Å². The summed E-state index contributed by atoms with van der Waals surface area (Å²) in [6, 6.07) is 7.35. The van der Waals surface area contributed by atoms with Crippen molar-refractivity contribution in [2.45, 2.75) is 38.5 Å². The molecule has 3 heteroatoms. The number of carbonyl (C=O) groups excluding carboxylic acids is 1. The molecule has 0 bridgehead atoms. The van der Waals surface area contributed by atoms with Crippen molar-refractivity contribution in [3.8, 4) is 5.75 Å². The molecule has 0 aromatic heterocycles. The van der Waals surface area contributed by atoms with E-state index in [-0.39, 0.29) is 5.78 Å². The summed E-state index contributed by atoms with van der Waals surface area (Å²) in [5.74, 6) is 1.03. The Labute approximate surface area is 118 Å².